The second-order valence-corrected chi connectivity index (χ2v) is 11.6. The molecule has 0 fully saturated rings. The Morgan fingerprint density at radius 1 is 1.26 bits per heavy atom. The van der Waals surface area contributed by atoms with Gasteiger partial charge in [0.1, 0.15) is 4.83 Å². The van der Waals surface area contributed by atoms with Crippen molar-refractivity contribution in [1.29, 1.82) is 0 Å². The molecule has 2 heterocycles. The first-order valence-electron chi connectivity index (χ1n) is 10.1. The number of aryl methyl sites for hydroxylation is 2. The van der Waals surface area contributed by atoms with Crippen LogP contribution in [0.15, 0.2) is 39.1 Å². The Morgan fingerprint density at radius 3 is 2.68 bits per heavy atom. The van der Waals surface area contributed by atoms with E-state index in [0.29, 0.717) is 17.4 Å². The van der Waals surface area contributed by atoms with Crippen molar-refractivity contribution in [3.63, 3.8) is 0 Å². The van der Waals surface area contributed by atoms with E-state index in [-0.39, 0.29) is 22.1 Å². The van der Waals surface area contributed by atoms with Crippen molar-refractivity contribution < 1.29 is 13.2 Å². The van der Waals surface area contributed by atoms with Crippen molar-refractivity contribution in [2.45, 2.75) is 49.2 Å². The molecule has 4 rings (SSSR count). The molecule has 0 spiro atoms. The molecule has 1 aromatic carbocycles. The predicted octanol–water partition coefficient (Wildman–Crippen LogP) is 3.49. The minimum atomic E-state index is -3.28. The number of aromatic nitrogens is 2. The van der Waals surface area contributed by atoms with Crippen molar-refractivity contribution in [2.75, 3.05) is 17.3 Å². The molecule has 1 amide bonds. The lowest BCUT2D eigenvalue weighted by molar-refractivity contribution is -0.113. The normalized spacial score (nSPS) is 13.5. The number of thioether (sulfide) groups is 1. The van der Waals surface area contributed by atoms with E-state index in [4.69, 9.17) is 4.98 Å². The summed E-state index contributed by atoms with van der Waals surface area (Å²) in [4.78, 5) is 32.6. The SMILES string of the molecule is CCCn1c(SCC(=O)Nc2ccc(S(C)(=O)=O)cc2)nc2sc3c(c2c1=O)CCC3. The van der Waals surface area contributed by atoms with E-state index in [1.54, 1.807) is 28.0 Å². The second kappa shape index (κ2) is 8.76. The first kappa shape index (κ1) is 22.0. The Hall–Kier alpha value is -2.17. The fourth-order valence-electron chi connectivity index (χ4n) is 3.70. The van der Waals surface area contributed by atoms with E-state index in [1.165, 1.54) is 28.8 Å². The van der Waals surface area contributed by atoms with E-state index in [2.05, 4.69) is 5.32 Å². The van der Waals surface area contributed by atoms with E-state index in [9.17, 15) is 18.0 Å². The molecule has 0 aliphatic heterocycles. The van der Waals surface area contributed by atoms with Gasteiger partial charge in [-0.25, -0.2) is 13.4 Å². The number of fused-ring (bicyclic) bond motifs is 3. The molecule has 10 heteroatoms. The van der Waals surface area contributed by atoms with Crippen LogP contribution in [0.2, 0.25) is 0 Å². The van der Waals surface area contributed by atoms with Crippen molar-refractivity contribution in [3.05, 3.63) is 45.1 Å². The Morgan fingerprint density at radius 2 is 2.00 bits per heavy atom. The number of carbonyl (C=O) groups excluding carboxylic acids is 1. The standard InChI is InChI=1S/C21H23N3O4S3/c1-3-11-24-20(26)18-15-5-4-6-16(15)30-19(18)23-21(24)29-12-17(25)22-13-7-9-14(10-8-13)31(2,27)28/h7-10H,3-6,11-12H2,1-2H3,(H,22,25). The minimum Gasteiger partial charge on any atom is -0.325 e. The molecule has 164 valence electrons. The number of rotatable bonds is 7. The minimum absolute atomic E-state index is 0.00878. The number of nitrogens with one attached hydrogen (secondary N) is 1. The van der Waals surface area contributed by atoms with Gasteiger partial charge in [0.15, 0.2) is 15.0 Å². The number of hydrogen-bond acceptors (Lipinski definition) is 7. The van der Waals surface area contributed by atoms with Crippen LogP contribution in [0.1, 0.15) is 30.2 Å². The lowest BCUT2D eigenvalue weighted by Crippen LogP contribution is -2.24. The van der Waals surface area contributed by atoms with Crippen LogP contribution in [0.4, 0.5) is 5.69 Å². The average molecular weight is 478 g/mol. The van der Waals surface area contributed by atoms with Gasteiger partial charge in [0, 0.05) is 23.4 Å². The monoisotopic (exact) mass is 477 g/mol. The maximum absolute atomic E-state index is 13.2. The molecule has 0 bridgehead atoms. The molecule has 0 saturated heterocycles. The Balaban J connectivity index is 1.52. The summed E-state index contributed by atoms with van der Waals surface area (Å²) in [7, 11) is -3.28. The Labute approximate surface area is 188 Å². The number of hydrogen-bond donors (Lipinski definition) is 1. The number of amides is 1. The highest BCUT2D eigenvalue weighted by Gasteiger charge is 2.23. The molecule has 0 unspecified atom stereocenters. The summed E-state index contributed by atoms with van der Waals surface area (Å²) in [6.45, 7) is 2.57. The van der Waals surface area contributed by atoms with Crippen LogP contribution in [-0.4, -0.2) is 35.9 Å². The van der Waals surface area contributed by atoms with Gasteiger partial charge < -0.3 is 5.32 Å². The van der Waals surface area contributed by atoms with Gasteiger partial charge in [-0.2, -0.15) is 0 Å². The fraction of sp³-hybridized carbons (Fsp3) is 0.381. The molecule has 1 N–H and O–H groups in total. The fourth-order valence-corrected chi connectivity index (χ4v) is 6.46. The Bertz CT molecular complexity index is 1310. The number of carbonyl (C=O) groups is 1. The molecule has 7 nitrogen and oxygen atoms in total. The van der Waals surface area contributed by atoms with Crippen LogP contribution in [0.25, 0.3) is 10.2 Å². The summed E-state index contributed by atoms with van der Waals surface area (Å²) in [5.74, 6) is -0.149. The maximum Gasteiger partial charge on any atom is 0.263 e. The summed E-state index contributed by atoms with van der Waals surface area (Å²) in [6.07, 6.45) is 4.97. The molecule has 2 aromatic heterocycles. The average Bonchev–Trinajstić information content (AvgIpc) is 3.29. The second-order valence-electron chi connectivity index (χ2n) is 7.52. The number of nitrogens with zero attached hydrogens (tertiary/aromatic N) is 2. The third-order valence-electron chi connectivity index (χ3n) is 5.14. The van der Waals surface area contributed by atoms with Gasteiger partial charge in [0.05, 0.1) is 16.0 Å². The number of sulfone groups is 1. The van der Waals surface area contributed by atoms with Crippen LogP contribution in [0, 0.1) is 0 Å². The molecule has 31 heavy (non-hydrogen) atoms. The van der Waals surface area contributed by atoms with Gasteiger partial charge in [-0.15, -0.1) is 11.3 Å². The predicted molar refractivity (Wildman–Crippen MR) is 125 cm³/mol. The molecular weight excluding hydrogens is 454 g/mol. The number of thiophene rings is 1. The van der Waals surface area contributed by atoms with Crippen LogP contribution in [-0.2, 0) is 34.0 Å². The van der Waals surface area contributed by atoms with Gasteiger partial charge >= 0.3 is 0 Å². The largest absolute Gasteiger partial charge is 0.325 e. The van der Waals surface area contributed by atoms with Crippen LogP contribution in [0.3, 0.4) is 0 Å². The zero-order valence-corrected chi connectivity index (χ0v) is 19.8. The van der Waals surface area contributed by atoms with E-state index >= 15 is 0 Å². The van der Waals surface area contributed by atoms with Gasteiger partial charge in [0.25, 0.3) is 5.56 Å². The van der Waals surface area contributed by atoms with E-state index in [0.717, 1.165) is 47.7 Å². The third-order valence-corrected chi connectivity index (χ3v) is 8.43. The summed E-state index contributed by atoms with van der Waals surface area (Å²) >= 11 is 2.84. The van der Waals surface area contributed by atoms with E-state index in [1.807, 2.05) is 6.92 Å². The smallest absolute Gasteiger partial charge is 0.263 e. The van der Waals surface area contributed by atoms with Gasteiger partial charge in [-0.1, -0.05) is 18.7 Å². The quantitative estimate of drug-likeness (QED) is 0.413. The number of benzene rings is 1. The van der Waals surface area contributed by atoms with Gasteiger partial charge in [-0.3, -0.25) is 14.2 Å². The van der Waals surface area contributed by atoms with Crippen molar-refractivity contribution in [2.24, 2.45) is 0 Å². The summed E-state index contributed by atoms with van der Waals surface area (Å²) in [5, 5.41) is 4.07. The highest BCUT2D eigenvalue weighted by atomic mass is 32.2. The first-order chi connectivity index (χ1) is 14.8. The van der Waals surface area contributed by atoms with Crippen molar-refractivity contribution in [1.82, 2.24) is 9.55 Å². The summed E-state index contributed by atoms with van der Waals surface area (Å²) in [5.41, 5.74) is 1.67. The lowest BCUT2D eigenvalue weighted by atomic mass is 10.2. The zero-order chi connectivity index (χ0) is 22.2. The third kappa shape index (κ3) is 4.56. The molecule has 0 saturated carbocycles. The molecule has 1 aliphatic carbocycles. The van der Waals surface area contributed by atoms with E-state index < -0.39 is 9.84 Å². The highest BCUT2D eigenvalue weighted by molar-refractivity contribution is 7.99. The topological polar surface area (TPSA) is 98.1 Å². The van der Waals surface area contributed by atoms with Crippen LogP contribution < -0.4 is 10.9 Å². The maximum atomic E-state index is 13.2. The molecule has 1 aliphatic rings. The molecular formula is C21H23N3O4S3. The zero-order valence-electron chi connectivity index (χ0n) is 17.3. The van der Waals surface area contributed by atoms with Crippen molar-refractivity contribution in [3.8, 4) is 0 Å². The molecule has 0 radical (unpaired) electrons. The van der Waals surface area contributed by atoms with Gasteiger partial charge in [-0.05, 0) is 55.5 Å². The summed E-state index contributed by atoms with van der Waals surface area (Å²) < 4.78 is 24.8. The van der Waals surface area contributed by atoms with Crippen LogP contribution >= 0.6 is 23.1 Å². The highest BCUT2D eigenvalue weighted by Crippen LogP contribution is 2.35. The van der Waals surface area contributed by atoms with Crippen LogP contribution in [0.5, 0.6) is 0 Å². The molecule has 0 atom stereocenters. The summed E-state index contributed by atoms with van der Waals surface area (Å²) in [6, 6.07) is 6.04. The number of anilines is 1. The first-order valence-corrected chi connectivity index (χ1v) is 13.7. The lowest BCUT2D eigenvalue weighted by Gasteiger charge is -2.11. The van der Waals surface area contributed by atoms with Gasteiger partial charge in [0.2, 0.25) is 5.91 Å². The molecule has 3 aromatic rings. The Kier molecular flexibility index (Phi) is 6.23. The van der Waals surface area contributed by atoms with Crippen molar-refractivity contribution >= 4 is 54.7 Å².